The molecule has 0 N–H and O–H groups in total. The van der Waals surface area contributed by atoms with Crippen LogP contribution in [0.5, 0.6) is 0 Å². The Bertz CT molecular complexity index is 313. The van der Waals surface area contributed by atoms with Crippen LogP contribution in [-0.4, -0.2) is 16.4 Å². The number of unbranched alkanes of at least 4 members (excludes halogenated alkanes) is 3. The Balaban J connectivity index is 2.37. The van der Waals surface area contributed by atoms with Crippen molar-refractivity contribution in [1.82, 2.24) is 3.93 Å². The number of hydrogen-bond acceptors (Lipinski definition) is 1. The fraction of sp³-hybridized carbons (Fsp3) is 0.462. The third kappa shape index (κ3) is 4.35. The van der Waals surface area contributed by atoms with Crippen LogP contribution in [0.4, 0.5) is 0 Å². The zero-order chi connectivity index (χ0) is 11.8. The number of nitrogens with zero attached hydrogens (tertiary/aromatic N) is 1. The molecule has 0 radical (unpaired) electrons. The molecule has 2 nitrogen and oxygen atoms in total. The van der Waals surface area contributed by atoms with Crippen molar-refractivity contribution in [2.75, 3.05) is 6.54 Å². The van der Waals surface area contributed by atoms with Crippen LogP contribution in [0.3, 0.4) is 0 Å². The summed E-state index contributed by atoms with van der Waals surface area (Å²) < 4.78 is 1.62. The maximum Gasteiger partial charge on any atom is 0.263 e. The number of carbonyl (C=O) groups is 1. The molecule has 0 fully saturated rings. The standard InChI is InChI=1S/C13H18BrNO/c1-2-3-4-8-11-15(14)13(16)12-9-6-5-7-10-12/h5-7,9-10H,2-4,8,11H2,1H3. The van der Waals surface area contributed by atoms with Crippen molar-refractivity contribution in [2.45, 2.75) is 32.6 Å². The van der Waals surface area contributed by atoms with E-state index < -0.39 is 0 Å². The lowest BCUT2D eigenvalue weighted by molar-refractivity contribution is 0.0877. The molecule has 1 rings (SSSR count). The van der Waals surface area contributed by atoms with Crippen LogP contribution in [0.15, 0.2) is 30.3 Å². The maximum absolute atomic E-state index is 11.9. The molecule has 0 saturated heterocycles. The largest absolute Gasteiger partial charge is 0.275 e. The molecule has 0 atom stereocenters. The van der Waals surface area contributed by atoms with E-state index in [9.17, 15) is 4.79 Å². The molecular formula is C13H18BrNO. The molecule has 88 valence electrons. The van der Waals surface area contributed by atoms with E-state index in [1.165, 1.54) is 19.3 Å². The third-order valence-corrected chi connectivity index (χ3v) is 3.13. The van der Waals surface area contributed by atoms with Crippen molar-refractivity contribution in [2.24, 2.45) is 0 Å². The highest BCUT2D eigenvalue weighted by molar-refractivity contribution is 9.07. The van der Waals surface area contributed by atoms with Crippen molar-refractivity contribution in [3.63, 3.8) is 0 Å². The first-order chi connectivity index (χ1) is 7.75. The molecule has 0 aliphatic carbocycles. The van der Waals surface area contributed by atoms with Gasteiger partial charge in [-0.05, 0) is 18.6 Å². The van der Waals surface area contributed by atoms with Crippen molar-refractivity contribution < 1.29 is 4.79 Å². The van der Waals surface area contributed by atoms with Gasteiger partial charge in [0.25, 0.3) is 5.91 Å². The van der Waals surface area contributed by atoms with Gasteiger partial charge < -0.3 is 0 Å². The minimum atomic E-state index is 0.0390. The van der Waals surface area contributed by atoms with Crippen molar-refractivity contribution >= 4 is 22.1 Å². The highest BCUT2D eigenvalue weighted by atomic mass is 79.9. The number of hydrogen-bond donors (Lipinski definition) is 0. The molecule has 3 heteroatoms. The van der Waals surface area contributed by atoms with Gasteiger partial charge in [0.2, 0.25) is 0 Å². The molecule has 1 amide bonds. The Morgan fingerprint density at radius 1 is 1.19 bits per heavy atom. The predicted octanol–water partition coefficient (Wildman–Crippen LogP) is 4.02. The smallest absolute Gasteiger partial charge is 0.263 e. The minimum Gasteiger partial charge on any atom is -0.275 e. The molecule has 0 aromatic heterocycles. The van der Waals surface area contributed by atoms with Gasteiger partial charge >= 0.3 is 0 Å². The number of amides is 1. The van der Waals surface area contributed by atoms with Crippen LogP contribution in [0.2, 0.25) is 0 Å². The van der Waals surface area contributed by atoms with E-state index in [0.29, 0.717) is 0 Å². The van der Waals surface area contributed by atoms with E-state index in [1.54, 1.807) is 3.93 Å². The van der Waals surface area contributed by atoms with E-state index in [4.69, 9.17) is 0 Å². The molecule has 0 aliphatic rings. The molecule has 1 aromatic rings. The Kier molecular flexibility index (Phi) is 6.16. The topological polar surface area (TPSA) is 20.3 Å². The molecule has 0 saturated carbocycles. The summed E-state index contributed by atoms with van der Waals surface area (Å²) in [4.78, 5) is 11.9. The zero-order valence-electron chi connectivity index (χ0n) is 9.66. The van der Waals surface area contributed by atoms with Crippen LogP contribution in [-0.2, 0) is 0 Å². The lowest BCUT2D eigenvalue weighted by Crippen LogP contribution is -2.21. The predicted molar refractivity (Wildman–Crippen MR) is 70.5 cm³/mol. The van der Waals surface area contributed by atoms with Gasteiger partial charge in [0.15, 0.2) is 0 Å². The number of benzene rings is 1. The van der Waals surface area contributed by atoms with Gasteiger partial charge in [-0.2, -0.15) is 0 Å². The van der Waals surface area contributed by atoms with E-state index in [0.717, 1.165) is 18.5 Å². The van der Waals surface area contributed by atoms with E-state index in [1.807, 2.05) is 30.3 Å². The van der Waals surface area contributed by atoms with Gasteiger partial charge in [-0.15, -0.1) is 0 Å². The number of carbonyl (C=O) groups excluding carboxylic acids is 1. The Morgan fingerprint density at radius 2 is 1.88 bits per heavy atom. The molecular weight excluding hydrogens is 266 g/mol. The fourth-order valence-corrected chi connectivity index (χ4v) is 1.96. The minimum absolute atomic E-state index is 0.0390. The SMILES string of the molecule is CCCCCCN(Br)C(=O)c1ccccc1. The molecule has 1 aromatic carbocycles. The van der Waals surface area contributed by atoms with Gasteiger partial charge in [-0.25, -0.2) is 0 Å². The van der Waals surface area contributed by atoms with Gasteiger partial charge in [0.05, 0.1) is 16.1 Å². The first kappa shape index (κ1) is 13.2. The number of halogens is 1. The van der Waals surface area contributed by atoms with Crippen molar-refractivity contribution in [3.05, 3.63) is 35.9 Å². The summed E-state index contributed by atoms with van der Waals surface area (Å²) in [5, 5.41) is 0. The summed E-state index contributed by atoms with van der Waals surface area (Å²) in [5.74, 6) is 0.0390. The Labute approximate surface area is 106 Å². The maximum atomic E-state index is 11.9. The second-order valence-electron chi connectivity index (χ2n) is 3.82. The fourth-order valence-electron chi connectivity index (χ4n) is 1.50. The summed E-state index contributed by atoms with van der Waals surface area (Å²) >= 11 is 3.32. The first-order valence-corrected chi connectivity index (χ1v) is 6.49. The molecule has 0 heterocycles. The molecule has 0 spiro atoms. The van der Waals surface area contributed by atoms with Crippen molar-refractivity contribution in [1.29, 1.82) is 0 Å². The average Bonchev–Trinajstić information content (AvgIpc) is 2.34. The Hall–Kier alpha value is -0.830. The molecule has 0 unspecified atom stereocenters. The second kappa shape index (κ2) is 7.44. The summed E-state index contributed by atoms with van der Waals surface area (Å²) in [6.45, 7) is 2.95. The zero-order valence-corrected chi connectivity index (χ0v) is 11.2. The van der Waals surface area contributed by atoms with Gasteiger partial charge in [-0.3, -0.25) is 8.72 Å². The third-order valence-electron chi connectivity index (χ3n) is 2.45. The van der Waals surface area contributed by atoms with Crippen LogP contribution in [0.25, 0.3) is 0 Å². The van der Waals surface area contributed by atoms with Crippen LogP contribution < -0.4 is 0 Å². The summed E-state index contributed by atoms with van der Waals surface area (Å²) in [6, 6.07) is 9.35. The normalized spacial score (nSPS) is 10.1. The quantitative estimate of drug-likeness (QED) is 0.570. The lowest BCUT2D eigenvalue weighted by Gasteiger charge is -2.14. The summed E-state index contributed by atoms with van der Waals surface area (Å²) in [6.07, 6.45) is 4.69. The lowest BCUT2D eigenvalue weighted by atomic mass is 10.2. The summed E-state index contributed by atoms with van der Waals surface area (Å²) in [5.41, 5.74) is 0.731. The van der Waals surface area contributed by atoms with Crippen LogP contribution >= 0.6 is 16.1 Å². The van der Waals surface area contributed by atoms with E-state index in [2.05, 4.69) is 23.1 Å². The van der Waals surface area contributed by atoms with E-state index >= 15 is 0 Å². The van der Waals surface area contributed by atoms with Crippen LogP contribution in [0.1, 0.15) is 43.0 Å². The molecule has 0 bridgehead atoms. The molecule has 0 aliphatic heterocycles. The highest BCUT2D eigenvalue weighted by Gasteiger charge is 2.11. The van der Waals surface area contributed by atoms with Gasteiger partial charge in [0, 0.05) is 12.1 Å². The summed E-state index contributed by atoms with van der Waals surface area (Å²) in [7, 11) is 0. The second-order valence-corrected chi connectivity index (χ2v) is 4.67. The van der Waals surface area contributed by atoms with E-state index in [-0.39, 0.29) is 5.91 Å². The van der Waals surface area contributed by atoms with Crippen LogP contribution in [0, 0.1) is 0 Å². The Morgan fingerprint density at radius 3 is 2.50 bits per heavy atom. The van der Waals surface area contributed by atoms with Gasteiger partial charge in [0.1, 0.15) is 0 Å². The monoisotopic (exact) mass is 283 g/mol. The van der Waals surface area contributed by atoms with Crippen molar-refractivity contribution in [3.8, 4) is 0 Å². The first-order valence-electron chi connectivity index (χ1n) is 5.78. The van der Waals surface area contributed by atoms with Gasteiger partial charge in [-0.1, -0.05) is 44.4 Å². The highest BCUT2D eigenvalue weighted by Crippen LogP contribution is 2.10. The average molecular weight is 284 g/mol. The molecule has 16 heavy (non-hydrogen) atoms. The number of rotatable bonds is 6.